The van der Waals surface area contributed by atoms with Gasteiger partial charge in [-0.25, -0.2) is 4.40 Å². The molecular weight excluding hydrogens is 220 g/mol. The Morgan fingerprint density at radius 1 is 1.47 bits per heavy atom. The van der Waals surface area contributed by atoms with E-state index >= 15 is 0 Å². The van der Waals surface area contributed by atoms with E-state index in [2.05, 4.69) is 15.5 Å². The van der Waals surface area contributed by atoms with Gasteiger partial charge in [-0.2, -0.15) is 0 Å². The van der Waals surface area contributed by atoms with Gasteiger partial charge in [0.1, 0.15) is 0 Å². The fraction of sp³-hybridized carbons (Fsp3) is 0.455. The smallest absolute Gasteiger partial charge is 0.200 e. The van der Waals surface area contributed by atoms with Gasteiger partial charge >= 0.3 is 0 Å². The van der Waals surface area contributed by atoms with E-state index in [1.54, 1.807) is 7.11 Å². The average Bonchev–Trinajstić information content (AvgIpc) is 2.83. The van der Waals surface area contributed by atoms with Gasteiger partial charge in [-0.15, -0.1) is 10.2 Å². The van der Waals surface area contributed by atoms with Crippen LogP contribution in [-0.4, -0.2) is 41.5 Å². The molecule has 0 spiro atoms. The number of nitrogens with one attached hydrogen (secondary N) is 1. The minimum Gasteiger partial charge on any atom is -0.482 e. The maximum absolute atomic E-state index is 5.44. The minimum atomic E-state index is 0.0649. The Morgan fingerprint density at radius 3 is 3.18 bits per heavy atom. The molecule has 1 saturated heterocycles. The van der Waals surface area contributed by atoms with Gasteiger partial charge in [0, 0.05) is 6.54 Å². The number of methoxy groups -OCH3 is 1. The van der Waals surface area contributed by atoms with Gasteiger partial charge in [-0.05, 0) is 12.1 Å². The summed E-state index contributed by atoms with van der Waals surface area (Å²) in [7, 11) is 1.64. The van der Waals surface area contributed by atoms with E-state index < -0.39 is 0 Å². The summed E-state index contributed by atoms with van der Waals surface area (Å²) in [6.07, 6.45) is 0. The topological polar surface area (TPSA) is 60.7 Å². The highest BCUT2D eigenvalue weighted by atomic mass is 16.5. The van der Waals surface area contributed by atoms with Crippen molar-refractivity contribution in [2.45, 2.75) is 6.04 Å². The molecule has 3 rings (SSSR count). The van der Waals surface area contributed by atoms with Crippen LogP contribution in [0.2, 0.25) is 0 Å². The van der Waals surface area contributed by atoms with Crippen molar-refractivity contribution in [1.82, 2.24) is 19.9 Å². The molecule has 17 heavy (non-hydrogen) atoms. The zero-order valence-corrected chi connectivity index (χ0v) is 9.59. The predicted molar refractivity (Wildman–Crippen MR) is 61.1 cm³/mol. The molecule has 1 atom stereocenters. The fourth-order valence-electron chi connectivity index (χ4n) is 2.05. The van der Waals surface area contributed by atoms with Crippen molar-refractivity contribution in [3.05, 3.63) is 24.0 Å². The first kappa shape index (κ1) is 10.5. The van der Waals surface area contributed by atoms with E-state index in [0.717, 1.165) is 30.5 Å². The van der Waals surface area contributed by atoms with Gasteiger partial charge in [0.15, 0.2) is 11.5 Å². The fourth-order valence-corrected chi connectivity index (χ4v) is 2.05. The summed E-state index contributed by atoms with van der Waals surface area (Å²) in [6, 6.07) is 5.76. The Morgan fingerprint density at radius 2 is 2.41 bits per heavy atom. The monoisotopic (exact) mass is 234 g/mol. The standard InChI is InChI=1S/C11H14N4O2/c1-16-10-4-2-3-9-13-14-11(15(9)10)8-7-17-6-5-12-8/h2-4,8,12H,5-7H2,1H3. The Hall–Kier alpha value is -1.66. The van der Waals surface area contributed by atoms with E-state index in [4.69, 9.17) is 9.47 Å². The lowest BCUT2D eigenvalue weighted by atomic mass is 10.2. The third-order valence-corrected chi connectivity index (χ3v) is 2.86. The second kappa shape index (κ2) is 4.31. The maximum atomic E-state index is 5.44. The first-order valence-electron chi connectivity index (χ1n) is 5.59. The van der Waals surface area contributed by atoms with Crippen LogP contribution < -0.4 is 10.1 Å². The van der Waals surface area contributed by atoms with E-state index in [1.165, 1.54) is 0 Å². The molecule has 1 fully saturated rings. The Bertz CT molecular complexity index is 519. The molecule has 0 saturated carbocycles. The molecule has 1 N–H and O–H groups in total. The SMILES string of the molecule is COc1cccc2nnc(C3COCCN3)n12. The molecule has 0 radical (unpaired) electrons. The zero-order chi connectivity index (χ0) is 11.7. The summed E-state index contributed by atoms with van der Waals surface area (Å²) >= 11 is 0. The number of hydrogen-bond acceptors (Lipinski definition) is 5. The summed E-state index contributed by atoms with van der Waals surface area (Å²) in [5.41, 5.74) is 0.784. The number of ether oxygens (including phenoxy) is 2. The Labute approximate surface area is 98.6 Å². The second-order valence-corrected chi connectivity index (χ2v) is 3.90. The quantitative estimate of drug-likeness (QED) is 0.815. The van der Waals surface area contributed by atoms with E-state index in [9.17, 15) is 0 Å². The molecule has 1 aliphatic heterocycles. The van der Waals surface area contributed by atoms with Crippen molar-refractivity contribution in [1.29, 1.82) is 0 Å². The summed E-state index contributed by atoms with van der Waals surface area (Å²) in [5, 5.41) is 11.7. The van der Waals surface area contributed by atoms with Crippen LogP contribution in [0.3, 0.4) is 0 Å². The lowest BCUT2D eigenvalue weighted by molar-refractivity contribution is 0.0737. The molecule has 2 aromatic heterocycles. The summed E-state index contributed by atoms with van der Waals surface area (Å²) in [4.78, 5) is 0. The maximum Gasteiger partial charge on any atom is 0.200 e. The van der Waals surface area contributed by atoms with Crippen LogP contribution in [0.1, 0.15) is 11.9 Å². The van der Waals surface area contributed by atoms with Crippen molar-refractivity contribution < 1.29 is 9.47 Å². The Kier molecular flexibility index (Phi) is 2.66. The molecular formula is C11H14N4O2. The summed E-state index contributed by atoms with van der Waals surface area (Å²) < 4.78 is 12.7. The van der Waals surface area contributed by atoms with Gasteiger partial charge in [0.2, 0.25) is 5.88 Å². The predicted octanol–water partition coefficient (Wildman–Crippen LogP) is 0.399. The van der Waals surface area contributed by atoms with Crippen molar-refractivity contribution in [3.63, 3.8) is 0 Å². The van der Waals surface area contributed by atoms with Crippen LogP contribution in [-0.2, 0) is 4.74 Å². The van der Waals surface area contributed by atoms with Gasteiger partial charge in [0.05, 0.1) is 26.4 Å². The number of nitrogens with zero attached hydrogens (tertiary/aromatic N) is 3. The molecule has 2 aromatic rings. The van der Waals surface area contributed by atoms with E-state index in [-0.39, 0.29) is 6.04 Å². The molecule has 3 heterocycles. The molecule has 0 amide bonds. The van der Waals surface area contributed by atoms with E-state index in [0.29, 0.717) is 6.61 Å². The van der Waals surface area contributed by atoms with Crippen LogP contribution >= 0.6 is 0 Å². The molecule has 6 nitrogen and oxygen atoms in total. The van der Waals surface area contributed by atoms with Crippen LogP contribution in [0.5, 0.6) is 5.88 Å². The number of fused-ring (bicyclic) bond motifs is 1. The van der Waals surface area contributed by atoms with E-state index in [1.807, 2.05) is 22.6 Å². The van der Waals surface area contributed by atoms with Crippen LogP contribution in [0.15, 0.2) is 18.2 Å². The third-order valence-electron chi connectivity index (χ3n) is 2.86. The molecule has 6 heteroatoms. The first-order valence-corrected chi connectivity index (χ1v) is 5.59. The summed E-state index contributed by atoms with van der Waals surface area (Å²) in [5.74, 6) is 1.56. The highest BCUT2D eigenvalue weighted by Gasteiger charge is 2.22. The molecule has 1 unspecified atom stereocenters. The van der Waals surface area contributed by atoms with Gasteiger partial charge in [-0.1, -0.05) is 6.07 Å². The van der Waals surface area contributed by atoms with Gasteiger partial charge in [-0.3, -0.25) is 0 Å². The van der Waals surface area contributed by atoms with Crippen LogP contribution in [0, 0.1) is 0 Å². The molecule has 0 bridgehead atoms. The van der Waals surface area contributed by atoms with Gasteiger partial charge < -0.3 is 14.8 Å². The van der Waals surface area contributed by atoms with Crippen LogP contribution in [0.4, 0.5) is 0 Å². The number of morpholine rings is 1. The molecule has 0 aromatic carbocycles. The zero-order valence-electron chi connectivity index (χ0n) is 9.59. The highest BCUT2D eigenvalue weighted by Crippen LogP contribution is 2.20. The molecule has 90 valence electrons. The Balaban J connectivity index is 2.09. The average molecular weight is 234 g/mol. The number of hydrogen-bond donors (Lipinski definition) is 1. The second-order valence-electron chi connectivity index (χ2n) is 3.90. The van der Waals surface area contributed by atoms with Gasteiger partial charge in [0.25, 0.3) is 0 Å². The lowest BCUT2D eigenvalue weighted by Gasteiger charge is -2.22. The lowest BCUT2D eigenvalue weighted by Crippen LogP contribution is -2.35. The van der Waals surface area contributed by atoms with Crippen molar-refractivity contribution >= 4 is 5.65 Å². The number of pyridine rings is 1. The summed E-state index contributed by atoms with van der Waals surface area (Å²) in [6.45, 7) is 2.18. The largest absolute Gasteiger partial charge is 0.482 e. The normalized spacial score (nSPS) is 20.6. The molecule has 0 aliphatic carbocycles. The van der Waals surface area contributed by atoms with Crippen LogP contribution in [0.25, 0.3) is 5.65 Å². The highest BCUT2D eigenvalue weighted by molar-refractivity contribution is 5.42. The minimum absolute atomic E-state index is 0.0649. The van der Waals surface area contributed by atoms with Crippen molar-refractivity contribution in [3.8, 4) is 5.88 Å². The number of rotatable bonds is 2. The molecule has 1 aliphatic rings. The third kappa shape index (κ3) is 1.75. The first-order chi connectivity index (χ1) is 8.40. The number of aromatic nitrogens is 3. The van der Waals surface area contributed by atoms with Crippen molar-refractivity contribution in [2.75, 3.05) is 26.9 Å². The van der Waals surface area contributed by atoms with Crippen molar-refractivity contribution in [2.24, 2.45) is 0 Å².